The number of hydrogen-bond acceptors (Lipinski definition) is 2. The highest BCUT2D eigenvalue weighted by Gasteiger charge is 2.48. The van der Waals surface area contributed by atoms with Crippen molar-refractivity contribution in [3.05, 3.63) is 65.5 Å². The van der Waals surface area contributed by atoms with Gasteiger partial charge in [-0.1, -0.05) is 56.5 Å². The Labute approximate surface area is 182 Å². The third-order valence-corrected chi connectivity index (χ3v) is 8.50. The van der Waals surface area contributed by atoms with E-state index in [-0.39, 0.29) is 11.0 Å². The van der Waals surface area contributed by atoms with Gasteiger partial charge in [0.1, 0.15) is 0 Å². The lowest BCUT2D eigenvalue weighted by Crippen LogP contribution is -2.46. The molecule has 2 heteroatoms. The first-order chi connectivity index (χ1) is 14.7. The fraction of sp³-hybridized carbons (Fsp3) is 0.607. The molecule has 0 bridgehead atoms. The fourth-order valence-electron chi connectivity index (χ4n) is 6.88. The van der Waals surface area contributed by atoms with Gasteiger partial charge in [0.25, 0.3) is 0 Å². The third-order valence-electron chi connectivity index (χ3n) is 8.50. The molecule has 2 heterocycles. The van der Waals surface area contributed by atoms with Gasteiger partial charge in [-0.05, 0) is 86.5 Å². The highest BCUT2D eigenvalue weighted by molar-refractivity contribution is 5.35. The zero-order valence-electron chi connectivity index (χ0n) is 18.6. The maximum atomic E-state index is 6.43. The lowest BCUT2D eigenvalue weighted by molar-refractivity contribution is -0.105. The monoisotopic (exact) mass is 403 g/mol. The molecule has 1 spiro atoms. The summed E-state index contributed by atoms with van der Waals surface area (Å²) in [5, 5.41) is 0. The van der Waals surface area contributed by atoms with Crippen LogP contribution in [0.4, 0.5) is 0 Å². The van der Waals surface area contributed by atoms with Crippen molar-refractivity contribution in [3.63, 3.8) is 0 Å². The summed E-state index contributed by atoms with van der Waals surface area (Å²) in [7, 11) is 0. The molecule has 2 aliphatic carbocycles. The summed E-state index contributed by atoms with van der Waals surface area (Å²) in [6, 6.07) is 15.7. The smallest absolute Gasteiger partial charge is 0.0691 e. The molecule has 0 radical (unpaired) electrons. The van der Waals surface area contributed by atoms with Crippen LogP contribution in [0.25, 0.3) is 0 Å². The average molecular weight is 404 g/mol. The van der Waals surface area contributed by atoms with Crippen molar-refractivity contribution in [3.8, 4) is 0 Å². The SMILES string of the molecule is C[C@H]1CC[C@H](CCC[C@@]2(c3ccccn3)CCOC3(CCCC3)C2)c2ccccc21. The molecule has 30 heavy (non-hydrogen) atoms. The summed E-state index contributed by atoms with van der Waals surface area (Å²) in [4.78, 5) is 4.88. The van der Waals surface area contributed by atoms with Gasteiger partial charge in [-0.3, -0.25) is 4.98 Å². The lowest BCUT2D eigenvalue weighted by atomic mass is 9.66. The average Bonchev–Trinajstić information content (AvgIpc) is 3.23. The van der Waals surface area contributed by atoms with Crippen molar-refractivity contribution in [1.29, 1.82) is 0 Å². The molecule has 1 saturated carbocycles. The Bertz CT molecular complexity index is 841. The second-order valence-corrected chi connectivity index (χ2v) is 10.4. The molecule has 1 saturated heterocycles. The number of pyridine rings is 1. The topological polar surface area (TPSA) is 22.1 Å². The highest BCUT2D eigenvalue weighted by atomic mass is 16.5. The largest absolute Gasteiger partial charge is 0.375 e. The molecule has 0 amide bonds. The molecule has 0 N–H and O–H groups in total. The molecule has 2 aromatic rings. The fourth-order valence-corrected chi connectivity index (χ4v) is 6.88. The van der Waals surface area contributed by atoms with E-state index in [1.165, 1.54) is 69.9 Å². The predicted molar refractivity (Wildman–Crippen MR) is 123 cm³/mol. The summed E-state index contributed by atoms with van der Waals surface area (Å²) in [6.45, 7) is 3.30. The van der Waals surface area contributed by atoms with E-state index in [9.17, 15) is 0 Å². The normalized spacial score (nSPS) is 30.3. The maximum Gasteiger partial charge on any atom is 0.0691 e. The lowest BCUT2D eigenvalue weighted by Gasteiger charge is -2.46. The maximum absolute atomic E-state index is 6.43. The number of rotatable bonds is 5. The second kappa shape index (κ2) is 8.46. The molecule has 160 valence electrons. The Hall–Kier alpha value is -1.67. The van der Waals surface area contributed by atoms with Gasteiger partial charge in [-0.2, -0.15) is 0 Å². The van der Waals surface area contributed by atoms with Crippen LogP contribution in [0, 0.1) is 0 Å². The first kappa shape index (κ1) is 20.2. The molecule has 5 rings (SSSR count). The molecular weight excluding hydrogens is 366 g/mol. The van der Waals surface area contributed by atoms with E-state index in [4.69, 9.17) is 9.72 Å². The van der Waals surface area contributed by atoms with Crippen molar-refractivity contribution in [2.75, 3.05) is 6.61 Å². The number of fused-ring (bicyclic) bond motifs is 1. The molecule has 1 aliphatic heterocycles. The molecule has 1 aromatic carbocycles. The predicted octanol–water partition coefficient (Wildman–Crippen LogP) is 7.29. The van der Waals surface area contributed by atoms with Gasteiger partial charge in [0.15, 0.2) is 0 Å². The molecular formula is C28H37NO. The van der Waals surface area contributed by atoms with Gasteiger partial charge in [-0.25, -0.2) is 0 Å². The molecule has 2 nitrogen and oxygen atoms in total. The minimum atomic E-state index is 0.128. The van der Waals surface area contributed by atoms with Gasteiger partial charge in [0.2, 0.25) is 0 Å². The standard InChI is InChI=1S/C28H37NO/c1-22-13-14-23(25-11-3-2-10-24(22)25)9-8-15-27(26-12-4-7-19-29-26)18-20-30-28(21-27)16-5-6-17-28/h2-4,7,10-12,19,22-23H,5-6,8-9,13-18,20-21H2,1H3/t22-,23-,27+/m0/s1. The minimum absolute atomic E-state index is 0.128. The van der Waals surface area contributed by atoms with Crippen LogP contribution in [0.3, 0.4) is 0 Å². The van der Waals surface area contributed by atoms with Crippen molar-refractivity contribution in [2.45, 2.75) is 100 Å². The van der Waals surface area contributed by atoms with Crippen LogP contribution in [0.2, 0.25) is 0 Å². The summed E-state index contributed by atoms with van der Waals surface area (Å²) in [5.74, 6) is 1.45. The molecule has 3 aliphatic rings. The van der Waals surface area contributed by atoms with Crippen molar-refractivity contribution in [1.82, 2.24) is 4.98 Å². The van der Waals surface area contributed by atoms with Gasteiger partial charge in [0, 0.05) is 23.9 Å². The van der Waals surface area contributed by atoms with Crippen LogP contribution in [0.15, 0.2) is 48.7 Å². The van der Waals surface area contributed by atoms with Crippen LogP contribution in [-0.2, 0) is 10.2 Å². The third kappa shape index (κ3) is 3.84. The first-order valence-corrected chi connectivity index (χ1v) is 12.3. The van der Waals surface area contributed by atoms with Crippen LogP contribution >= 0.6 is 0 Å². The molecule has 1 aromatic heterocycles. The first-order valence-electron chi connectivity index (χ1n) is 12.3. The molecule has 0 unspecified atom stereocenters. The van der Waals surface area contributed by atoms with E-state index < -0.39 is 0 Å². The Kier molecular flexibility index (Phi) is 5.71. The van der Waals surface area contributed by atoms with E-state index in [2.05, 4.69) is 49.4 Å². The number of aromatic nitrogens is 1. The van der Waals surface area contributed by atoms with Crippen molar-refractivity contribution < 1.29 is 4.74 Å². The highest BCUT2D eigenvalue weighted by Crippen LogP contribution is 2.51. The Morgan fingerprint density at radius 1 is 0.967 bits per heavy atom. The van der Waals surface area contributed by atoms with E-state index in [1.807, 2.05) is 6.20 Å². The van der Waals surface area contributed by atoms with Gasteiger partial charge < -0.3 is 4.74 Å². The Morgan fingerprint density at radius 2 is 1.77 bits per heavy atom. The van der Waals surface area contributed by atoms with Crippen LogP contribution in [0.1, 0.15) is 106 Å². The van der Waals surface area contributed by atoms with Crippen LogP contribution < -0.4 is 0 Å². The van der Waals surface area contributed by atoms with Crippen molar-refractivity contribution in [2.24, 2.45) is 0 Å². The molecule has 2 fully saturated rings. The number of hydrogen-bond donors (Lipinski definition) is 0. The number of ether oxygens (including phenoxy) is 1. The number of nitrogens with zero attached hydrogens (tertiary/aromatic N) is 1. The van der Waals surface area contributed by atoms with Crippen LogP contribution in [-0.4, -0.2) is 17.2 Å². The van der Waals surface area contributed by atoms with Gasteiger partial charge in [-0.15, -0.1) is 0 Å². The van der Waals surface area contributed by atoms with Crippen molar-refractivity contribution >= 4 is 0 Å². The Morgan fingerprint density at radius 3 is 2.57 bits per heavy atom. The second-order valence-electron chi connectivity index (χ2n) is 10.4. The van der Waals surface area contributed by atoms with Gasteiger partial charge in [0.05, 0.1) is 5.60 Å². The summed E-state index contributed by atoms with van der Waals surface area (Å²) in [6.07, 6.45) is 16.0. The van der Waals surface area contributed by atoms with E-state index >= 15 is 0 Å². The van der Waals surface area contributed by atoms with E-state index in [0.29, 0.717) is 0 Å². The van der Waals surface area contributed by atoms with Crippen LogP contribution in [0.5, 0.6) is 0 Å². The summed E-state index contributed by atoms with van der Waals surface area (Å²) in [5.41, 5.74) is 4.87. The zero-order valence-corrected chi connectivity index (χ0v) is 18.6. The van der Waals surface area contributed by atoms with Gasteiger partial charge >= 0.3 is 0 Å². The Balaban J connectivity index is 1.34. The quantitative estimate of drug-likeness (QED) is 0.523. The zero-order chi connectivity index (χ0) is 20.4. The van der Waals surface area contributed by atoms with E-state index in [1.54, 1.807) is 11.1 Å². The summed E-state index contributed by atoms with van der Waals surface area (Å²) < 4.78 is 6.43. The number of benzene rings is 1. The summed E-state index contributed by atoms with van der Waals surface area (Å²) >= 11 is 0. The van der Waals surface area contributed by atoms with E-state index in [0.717, 1.165) is 24.9 Å². The minimum Gasteiger partial charge on any atom is -0.375 e. The molecule has 3 atom stereocenters.